The smallest absolute Gasteiger partial charge is 0.317 e. The minimum Gasteiger partial charge on any atom is -0.480 e. The molecule has 0 aromatic rings. The summed E-state index contributed by atoms with van der Waals surface area (Å²) in [5.41, 5.74) is 0. The molecule has 1 aliphatic carbocycles. The molecular weight excluding hydrogens is 222 g/mol. The van der Waals surface area contributed by atoms with Crippen LogP contribution >= 0.6 is 11.8 Å². The lowest BCUT2D eigenvalue weighted by molar-refractivity contribution is -0.139. The number of carboxylic acid groups (broad SMARTS) is 1. The Bertz CT molecular complexity index is 255. The Hall–Kier alpha value is -0.220. The molecule has 1 saturated heterocycles. The molecule has 0 aromatic heterocycles. The number of nitrogens with zero attached hydrogens (tertiary/aromatic N) is 1. The first-order valence-electron chi connectivity index (χ1n) is 6.24. The first-order chi connectivity index (χ1) is 7.66. The molecule has 1 N–H and O–H groups in total. The van der Waals surface area contributed by atoms with Crippen molar-refractivity contribution in [2.45, 2.75) is 43.9 Å². The quantitative estimate of drug-likeness (QED) is 0.802. The van der Waals surface area contributed by atoms with E-state index in [1.54, 1.807) is 0 Å². The highest BCUT2D eigenvalue weighted by Gasteiger charge is 2.33. The minimum absolute atomic E-state index is 0.228. The molecule has 1 heterocycles. The highest BCUT2D eigenvalue weighted by Crippen LogP contribution is 2.34. The summed E-state index contributed by atoms with van der Waals surface area (Å²) in [6.07, 6.45) is 5.00. The van der Waals surface area contributed by atoms with Gasteiger partial charge in [0.1, 0.15) is 0 Å². The lowest BCUT2D eigenvalue weighted by Gasteiger charge is -2.37. The fourth-order valence-corrected chi connectivity index (χ4v) is 3.75. The molecule has 1 aliphatic heterocycles. The zero-order valence-corrected chi connectivity index (χ0v) is 10.7. The fourth-order valence-electron chi connectivity index (χ4n) is 2.51. The number of carbonyl (C=O) groups is 1. The van der Waals surface area contributed by atoms with Crippen LogP contribution in [-0.2, 0) is 4.79 Å². The molecule has 2 rings (SSSR count). The van der Waals surface area contributed by atoms with Gasteiger partial charge in [0.15, 0.2) is 0 Å². The summed E-state index contributed by atoms with van der Waals surface area (Å²) < 4.78 is 0. The van der Waals surface area contributed by atoms with Crippen LogP contribution in [0.25, 0.3) is 0 Å². The molecule has 2 aliphatic rings. The van der Waals surface area contributed by atoms with E-state index < -0.39 is 5.97 Å². The van der Waals surface area contributed by atoms with Crippen molar-refractivity contribution in [3.05, 3.63) is 0 Å². The van der Waals surface area contributed by atoms with Crippen LogP contribution < -0.4 is 0 Å². The highest BCUT2D eigenvalue weighted by molar-refractivity contribution is 7.99. The van der Waals surface area contributed by atoms with E-state index in [9.17, 15) is 4.79 Å². The summed E-state index contributed by atoms with van der Waals surface area (Å²) in [4.78, 5) is 13.1. The van der Waals surface area contributed by atoms with Gasteiger partial charge in [-0.05, 0) is 37.4 Å². The Morgan fingerprint density at radius 3 is 2.75 bits per heavy atom. The van der Waals surface area contributed by atoms with Crippen LogP contribution in [0.3, 0.4) is 0 Å². The topological polar surface area (TPSA) is 40.5 Å². The number of carboxylic acids is 1. The molecular formula is C12H21NO2S. The van der Waals surface area contributed by atoms with E-state index in [2.05, 4.69) is 11.8 Å². The Labute approximate surface area is 102 Å². The standard InChI is InChI=1S/C12H21NO2S/c1-9-11(3-2-6-16-9)13(8-12(14)15)7-10-4-5-10/h9-11H,2-8H2,1H3,(H,14,15). The van der Waals surface area contributed by atoms with Crippen molar-refractivity contribution in [1.29, 1.82) is 0 Å². The van der Waals surface area contributed by atoms with Crippen LogP contribution in [0, 0.1) is 5.92 Å². The molecule has 4 heteroatoms. The summed E-state index contributed by atoms with van der Waals surface area (Å²) in [5.74, 6) is 1.34. The molecule has 1 saturated carbocycles. The third-order valence-corrected chi connectivity index (χ3v) is 4.93. The minimum atomic E-state index is -0.677. The number of aliphatic carboxylic acids is 1. The van der Waals surface area contributed by atoms with Gasteiger partial charge in [-0.15, -0.1) is 0 Å². The maximum Gasteiger partial charge on any atom is 0.317 e. The second-order valence-corrected chi connectivity index (χ2v) is 6.54. The van der Waals surface area contributed by atoms with Crippen molar-refractivity contribution in [2.24, 2.45) is 5.92 Å². The molecule has 0 amide bonds. The predicted molar refractivity (Wildman–Crippen MR) is 66.9 cm³/mol. The Morgan fingerprint density at radius 2 is 2.19 bits per heavy atom. The van der Waals surface area contributed by atoms with Gasteiger partial charge < -0.3 is 5.11 Å². The molecule has 92 valence electrons. The third kappa shape index (κ3) is 3.39. The fraction of sp³-hybridized carbons (Fsp3) is 0.917. The molecule has 2 fully saturated rings. The predicted octanol–water partition coefficient (Wildman–Crippen LogP) is 2.07. The molecule has 0 spiro atoms. The number of hydrogen-bond donors (Lipinski definition) is 1. The maximum absolute atomic E-state index is 10.9. The zero-order chi connectivity index (χ0) is 11.5. The second kappa shape index (κ2) is 5.41. The monoisotopic (exact) mass is 243 g/mol. The van der Waals surface area contributed by atoms with Gasteiger partial charge in [-0.25, -0.2) is 0 Å². The van der Waals surface area contributed by atoms with Crippen LogP contribution in [0.5, 0.6) is 0 Å². The molecule has 3 nitrogen and oxygen atoms in total. The van der Waals surface area contributed by atoms with E-state index in [1.807, 2.05) is 11.8 Å². The Balaban J connectivity index is 1.94. The van der Waals surface area contributed by atoms with Gasteiger partial charge in [0.25, 0.3) is 0 Å². The van der Waals surface area contributed by atoms with Crippen molar-refractivity contribution >= 4 is 17.7 Å². The van der Waals surface area contributed by atoms with Gasteiger partial charge in [0.05, 0.1) is 6.54 Å². The summed E-state index contributed by atoms with van der Waals surface area (Å²) in [6, 6.07) is 0.482. The van der Waals surface area contributed by atoms with Crippen LogP contribution in [0.1, 0.15) is 32.6 Å². The van der Waals surface area contributed by atoms with Crippen LogP contribution in [0.15, 0.2) is 0 Å². The largest absolute Gasteiger partial charge is 0.480 e. The van der Waals surface area contributed by atoms with E-state index in [0.717, 1.165) is 12.5 Å². The second-order valence-electron chi connectivity index (χ2n) is 5.05. The number of thioether (sulfide) groups is 1. The van der Waals surface area contributed by atoms with Crippen molar-refractivity contribution in [1.82, 2.24) is 4.90 Å². The normalized spacial score (nSPS) is 30.6. The summed E-state index contributed by atoms with van der Waals surface area (Å²) in [5, 5.41) is 9.58. The number of hydrogen-bond acceptors (Lipinski definition) is 3. The highest BCUT2D eigenvalue weighted by atomic mass is 32.2. The Morgan fingerprint density at radius 1 is 1.44 bits per heavy atom. The van der Waals surface area contributed by atoms with Crippen molar-refractivity contribution < 1.29 is 9.90 Å². The van der Waals surface area contributed by atoms with E-state index in [0.29, 0.717) is 11.3 Å². The van der Waals surface area contributed by atoms with Crippen molar-refractivity contribution in [3.63, 3.8) is 0 Å². The van der Waals surface area contributed by atoms with E-state index in [1.165, 1.54) is 31.4 Å². The van der Waals surface area contributed by atoms with E-state index in [4.69, 9.17) is 5.11 Å². The summed E-state index contributed by atoms with van der Waals surface area (Å²) >= 11 is 1.99. The first kappa shape index (κ1) is 12.2. The molecule has 0 bridgehead atoms. The SMILES string of the molecule is CC1SCCCC1N(CC(=O)O)CC1CC1. The summed E-state index contributed by atoms with van der Waals surface area (Å²) in [6.45, 7) is 3.48. The van der Waals surface area contributed by atoms with Gasteiger partial charge in [0.2, 0.25) is 0 Å². The van der Waals surface area contributed by atoms with Gasteiger partial charge in [-0.1, -0.05) is 6.92 Å². The van der Waals surface area contributed by atoms with Crippen LogP contribution in [0.2, 0.25) is 0 Å². The summed E-state index contributed by atoms with van der Waals surface area (Å²) in [7, 11) is 0. The van der Waals surface area contributed by atoms with E-state index in [-0.39, 0.29) is 6.54 Å². The average molecular weight is 243 g/mol. The van der Waals surface area contributed by atoms with Gasteiger partial charge in [0, 0.05) is 17.8 Å². The van der Waals surface area contributed by atoms with Gasteiger partial charge >= 0.3 is 5.97 Å². The molecule has 2 unspecified atom stereocenters. The van der Waals surface area contributed by atoms with Gasteiger partial charge in [-0.2, -0.15) is 11.8 Å². The lowest BCUT2D eigenvalue weighted by Crippen LogP contribution is -2.46. The molecule has 0 radical (unpaired) electrons. The van der Waals surface area contributed by atoms with Crippen molar-refractivity contribution in [2.75, 3.05) is 18.8 Å². The Kier molecular flexibility index (Phi) is 4.14. The van der Waals surface area contributed by atoms with Crippen molar-refractivity contribution in [3.8, 4) is 0 Å². The lowest BCUT2D eigenvalue weighted by atomic mass is 10.1. The number of rotatable bonds is 5. The maximum atomic E-state index is 10.9. The van der Waals surface area contributed by atoms with Crippen LogP contribution in [0.4, 0.5) is 0 Å². The third-order valence-electron chi connectivity index (χ3n) is 3.56. The zero-order valence-electron chi connectivity index (χ0n) is 9.89. The molecule has 2 atom stereocenters. The van der Waals surface area contributed by atoms with Crippen LogP contribution in [-0.4, -0.2) is 46.1 Å². The van der Waals surface area contributed by atoms with E-state index >= 15 is 0 Å². The first-order valence-corrected chi connectivity index (χ1v) is 7.29. The average Bonchev–Trinajstić information content (AvgIpc) is 3.01. The van der Waals surface area contributed by atoms with Gasteiger partial charge in [-0.3, -0.25) is 9.69 Å². The molecule has 0 aromatic carbocycles. The molecule has 16 heavy (non-hydrogen) atoms.